The van der Waals surface area contributed by atoms with Crippen LogP contribution in [0.3, 0.4) is 0 Å². The van der Waals surface area contributed by atoms with Crippen molar-refractivity contribution in [2.75, 3.05) is 0 Å². The second-order valence-corrected chi connectivity index (χ2v) is 16.0. The summed E-state index contributed by atoms with van der Waals surface area (Å²) in [4.78, 5) is 15.0. The summed E-state index contributed by atoms with van der Waals surface area (Å²) >= 11 is 0. The number of para-hydroxylation sites is 2. The lowest BCUT2D eigenvalue weighted by Crippen LogP contribution is -2.14. The minimum absolute atomic E-state index is 0.121. The van der Waals surface area contributed by atoms with E-state index in [2.05, 4.69) is 140 Å². The molecule has 59 heavy (non-hydrogen) atoms. The molecule has 0 saturated heterocycles. The molecule has 0 fully saturated rings. The molecule has 0 aliphatic heterocycles. The molecule has 3 aromatic heterocycles. The van der Waals surface area contributed by atoms with Crippen LogP contribution in [0.25, 0.3) is 106 Å². The van der Waals surface area contributed by atoms with Gasteiger partial charge in [-0.3, -0.25) is 0 Å². The maximum Gasteiger partial charge on any atom is 0.164 e. The van der Waals surface area contributed by atoms with Crippen LogP contribution in [0.1, 0.15) is 25.0 Å². The fraction of sp³-hybridized carbons (Fsp3) is 0.0556. The van der Waals surface area contributed by atoms with Gasteiger partial charge < -0.3 is 8.98 Å². The molecule has 0 spiro atoms. The number of benzene rings is 8. The molecule has 1 aliphatic rings. The third-order valence-electron chi connectivity index (χ3n) is 12.2. The highest BCUT2D eigenvalue weighted by Crippen LogP contribution is 2.52. The van der Waals surface area contributed by atoms with Crippen molar-refractivity contribution in [2.24, 2.45) is 0 Å². The van der Waals surface area contributed by atoms with E-state index in [4.69, 9.17) is 19.4 Å². The first-order valence-electron chi connectivity index (χ1n) is 20.1. The topological polar surface area (TPSA) is 56.7 Å². The SMILES string of the molecule is CC1(C)c2ccccc2-c2cc3c4c5oc6c(-c7cccc(-c8nc(-c9ccccc9)nc(-c9ccccc9)n8)c7)cccc6c5ccc4n(-c4ccccc4)c3cc21. The maximum absolute atomic E-state index is 7.18. The van der Waals surface area contributed by atoms with Gasteiger partial charge in [-0.15, -0.1) is 0 Å². The Kier molecular flexibility index (Phi) is 7.20. The van der Waals surface area contributed by atoms with E-state index >= 15 is 0 Å². The van der Waals surface area contributed by atoms with E-state index in [9.17, 15) is 0 Å². The molecule has 1 aliphatic carbocycles. The summed E-state index contributed by atoms with van der Waals surface area (Å²) in [7, 11) is 0. The Labute approximate surface area is 340 Å². The van der Waals surface area contributed by atoms with Crippen molar-refractivity contribution in [3.05, 3.63) is 193 Å². The zero-order valence-corrected chi connectivity index (χ0v) is 32.5. The summed E-state index contributed by atoms with van der Waals surface area (Å²) < 4.78 is 9.59. The molecule has 3 heterocycles. The van der Waals surface area contributed by atoms with Crippen molar-refractivity contribution in [1.29, 1.82) is 0 Å². The number of aromatic nitrogens is 4. The normalized spacial score (nSPS) is 13.1. The molecule has 0 unspecified atom stereocenters. The fourth-order valence-corrected chi connectivity index (χ4v) is 9.40. The van der Waals surface area contributed by atoms with Crippen LogP contribution >= 0.6 is 0 Å². The predicted molar refractivity (Wildman–Crippen MR) is 241 cm³/mol. The van der Waals surface area contributed by atoms with Crippen LogP contribution in [0.2, 0.25) is 0 Å². The molecule has 0 N–H and O–H groups in total. The largest absolute Gasteiger partial charge is 0.455 e. The molecule has 5 nitrogen and oxygen atoms in total. The van der Waals surface area contributed by atoms with E-state index in [-0.39, 0.29) is 5.41 Å². The van der Waals surface area contributed by atoms with Gasteiger partial charge in [-0.2, -0.15) is 0 Å². The van der Waals surface area contributed by atoms with Gasteiger partial charge in [0.15, 0.2) is 17.5 Å². The number of hydrogen-bond acceptors (Lipinski definition) is 4. The van der Waals surface area contributed by atoms with Crippen LogP contribution in [-0.2, 0) is 5.41 Å². The quantitative estimate of drug-likeness (QED) is 0.175. The summed E-state index contributed by atoms with van der Waals surface area (Å²) in [6, 6.07) is 64.0. The van der Waals surface area contributed by atoms with Crippen molar-refractivity contribution >= 4 is 43.7 Å². The molecular formula is C54H36N4O. The van der Waals surface area contributed by atoms with Crippen molar-refractivity contribution in [2.45, 2.75) is 19.3 Å². The molecule has 0 saturated carbocycles. The molecule has 0 radical (unpaired) electrons. The molecule has 5 heteroatoms. The van der Waals surface area contributed by atoms with Crippen LogP contribution in [0.15, 0.2) is 186 Å². The summed E-state index contributed by atoms with van der Waals surface area (Å²) in [5.41, 5.74) is 15.2. The Balaban J connectivity index is 1.07. The van der Waals surface area contributed by atoms with E-state index in [1.165, 1.54) is 33.2 Å². The summed E-state index contributed by atoms with van der Waals surface area (Å²) in [5, 5.41) is 4.48. The number of furan rings is 1. The number of fused-ring (bicyclic) bond motifs is 10. The summed E-state index contributed by atoms with van der Waals surface area (Å²) in [6.45, 7) is 4.69. The van der Waals surface area contributed by atoms with Gasteiger partial charge in [0.2, 0.25) is 0 Å². The maximum atomic E-state index is 7.18. The fourth-order valence-electron chi connectivity index (χ4n) is 9.40. The van der Waals surface area contributed by atoms with Gasteiger partial charge >= 0.3 is 0 Å². The Morgan fingerprint density at radius 2 is 0.983 bits per heavy atom. The minimum Gasteiger partial charge on any atom is -0.455 e. The third-order valence-corrected chi connectivity index (χ3v) is 12.2. The van der Waals surface area contributed by atoms with Gasteiger partial charge in [0.1, 0.15) is 11.2 Å². The number of rotatable bonds is 5. The van der Waals surface area contributed by atoms with E-state index in [0.29, 0.717) is 17.5 Å². The minimum atomic E-state index is -0.121. The van der Waals surface area contributed by atoms with Gasteiger partial charge in [0, 0.05) is 49.5 Å². The highest BCUT2D eigenvalue weighted by atomic mass is 16.3. The van der Waals surface area contributed by atoms with Crippen molar-refractivity contribution in [1.82, 2.24) is 19.5 Å². The smallest absolute Gasteiger partial charge is 0.164 e. The lowest BCUT2D eigenvalue weighted by Gasteiger charge is -2.21. The Morgan fingerprint density at radius 1 is 0.407 bits per heavy atom. The predicted octanol–water partition coefficient (Wildman–Crippen LogP) is 13.8. The standard InChI is InChI=1S/C54H36N4O/c1-54(2)44-27-13-12-24-39(44)42-31-43-47(32-45(42)54)58(37-22-10-5-11-23-37)46-29-28-41-40-26-15-25-38(49(40)59-50(41)48(43)46)35-20-14-21-36(30-35)53-56-51(33-16-6-3-7-17-33)55-52(57-53)34-18-8-4-9-19-34/h3-32H,1-2H3. The van der Waals surface area contributed by atoms with E-state index in [0.717, 1.165) is 66.3 Å². The molecule has 0 bridgehead atoms. The van der Waals surface area contributed by atoms with Gasteiger partial charge in [0.05, 0.1) is 16.4 Å². The monoisotopic (exact) mass is 756 g/mol. The van der Waals surface area contributed by atoms with Gasteiger partial charge in [0.25, 0.3) is 0 Å². The molecular weight excluding hydrogens is 721 g/mol. The first kappa shape index (κ1) is 33.5. The number of nitrogens with zero attached hydrogens (tertiary/aromatic N) is 4. The highest BCUT2D eigenvalue weighted by molar-refractivity contribution is 6.25. The van der Waals surface area contributed by atoms with Crippen LogP contribution in [0.5, 0.6) is 0 Å². The van der Waals surface area contributed by atoms with Crippen molar-refractivity contribution < 1.29 is 4.42 Å². The highest BCUT2D eigenvalue weighted by Gasteiger charge is 2.36. The molecule has 11 aromatic rings. The summed E-state index contributed by atoms with van der Waals surface area (Å²) in [5.74, 6) is 1.88. The van der Waals surface area contributed by atoms with Crippen LogP contribution < -0.4 is 0 Å². The second-order valence-electron chi connectivity index (χ2n) is 16.0. The molecule has 12 rings (SSSR count). The van der Waals surface area contributed by atoms with Gasteiger partial charge in [-0.1, -0.05) is 153 Å². The van der Waals surface area contributed by atoms with E-state index < -0.39 is 0 Å². The van der Waals surface area contributed by atoms with Crippen LogP contribution in [0, 0.1) is 0 Å². The zero-order chi connectivity index (χ0) is 39.2. The Morgan fingerprint density at radius 3 is 1.71 bits per heavy atom. The van der Waals surface area contributed by atoms with E-state index in [1.54, 1.807) is 0 Å². The van der Waals surface area contributed by atoms with Crippen molar-refractivity contribution in [3.63, 3.8) is 0 Å². The third kappa shape index (κ3) is 5.08. The van der Waals surface area contributed by atoms with Crippen LogP contribution in [0.4, 0.5) is 0 Å². The lowest BCUT2D eigenvalue weighted by molar-refractivity contribution is 0.661. The molecule has 278 valence electrons. The van der Waals surface area contributed by atoms with Crippen LogP contribution in [-0.4, -0.2) is 19.5 Å². The first-order chi connectivity index (χ1) is 29.0. The average molecular weight is 757 g/mol. The van der Waals surface area contributed by atoms with Crippen molar-refractivity contribution in [3.8, 4) is 62.1 Å². The lowest BCUT2D eigenvalue weighted by atomic mass is 9.82. The van der Waals surface area contributed by atoms with E-state index in [1.807, 2.05) is 60.7 Å². The first-order valence-corrected chi connectivity index (χ1v) is 20.1. The van der Waals surface area contributed by atoms with Gasteiger partial charge in [-0.25, -0.2) is 15.0 Å². The molecule has 8 aromatic carbocycles. The molecule has 0 atom stereocenters. The Bertz CT molecular complexity index is 3400. The number of hydrogen-bond donors (Lipinski definition) is 0. The summed E-state index contributed by atoms with van der Waals surface area (Å²) in [6.07, 6.45) is 0. The Hall–Kier alpha value is -7.63. The zero-order valence-electron chi connectivity index (χ0n) is 32.5. The van der Waals surface area contributed by atoms with Gasteiger partial charge in [-0.05, 0) is 70.3 Å². The second kappa shape index (κ2) is 12.7. The average Bonchev–Trinajstić information content (AvgIpc) is 3.91. The molecule has 0 amide bonds.